The molecule has 2 bridgehead atoms. The van der Waals surface area contributed by atoms with Crippen LogP contribution >= 0.6 is 24.0 Å². The molecule has 3 aliphatic heterocycles. The van der Waals surface area contributed by atoms with Gasteiger partial charge in [-0.25, -0.2) is 0 Å². The molecule has 0 saturated carbocycles. The molecule has 2 N–H and O–H groups in total. The normalized spacial score (nSPS) is 30.3. The summed E-state index contributed by atoms with van der Waals surface area (Å²) in [7, 11) is 0. The van der Waals surface area contributed by atoms with Gasteiger partial charge in [0.25, 0.3) is 0 Å². The minimum atomic E-state index is 0. The van der Waals surface area contributed by atoms with Crippen LogP contribution in [0.4, 0.5) is 0 Å². The van der Waals surface area contributed by atoms with Gasteiger partial charge in [-0.3, -0.25) is 9.89 Å². The molecule has 0 aliphatic carbocycles. The predicted octanol–water partition coefficient (Wildman–Crippen LogP) is 2.23. The average Bonchev–Trinajstić information content (AvgIpc) is 3.22. The second kappa shape index (κ2) is 11.0. The number of nitrogens with zero attached hydrogens (tertiary/aromatic N) is 2. The van der Waals surface area contributed by atoms with Gasteiger partial charge in [-0.05, 0) is 38.5 Å². The van der Waals surface area contributed by atoms with Crippen LogP contribution in [-0.4, -0.2) is 74.5 Å². The van der Waals surface area contributed by atoms with Crippen LogP contribution in [0, 0.1) is 5.92 Å². The van der Waals surface area contributed by atoms with Crippen molar-refractivity contribution in [2.24, 2.45) is 10.9 Å². The second-order valence-corrected chi connectivity index (χ2v) is 8.01. The van der Waals surface area contributed by atoms with Gasteiger partial charge in [-0.1, -0.05) is 13.8 Å². The van der Waals surface area contributed by atoms with Crippen molar-refractivity contribution < 1.29 is 9.47 Å². The summed E-state index contributed by atoms with van der Waals surface area (Å²) < 4.78 is 11.5. The van der Waals surface area contributed by atoms with E-state index in [0.717, 1.165) is 51.8 Å². The quantitative estimate of drug-likeness (QED) is 0.333. The van der Waals surface area contributed by atoms with E-state index in [-0.39, 0.29) is 24.0 Å². The highest BCUT2D eigenvalue weighted by Crippen LogP contribution is 2.34. The molecule has 3 rings (SSSR count). The largest absolute Gasteiger partial charge is 0.379 e. The fraction of sp³-hybridized carbons (Fsp3) is 0.947. The van der Waals surface area contributed by atoms with E-state index in [0.29, 0.717) is 30.2 Å². The zero-order chi connectivity index (χ0) is 17.6. The lowest BCUT2D eigenvalue weighted by atomic mass is 9.96. The van der Waals surface area contributed by atoms with Gasteiger partial charge in [0.15, 0.2) is 5.96 Å². The topological polar surface area (TPSA) is 58.1 Å². The highest BCUT2D eigenvalue weighted by atomic mass is 127. The first-order valence-electron chi connectivity index (χ1n) is 10.2. The number of aliphatic imine (C=N–C) groups is 1. The molecule has 6 nitrogen and oxygen atoms in total. The van der Waals surface area contributed by atoms with Gasteiger partial charge in [0.2, 0.25) is 0 Å². The van der Waals surface area contributed by atoms with E-state index in [1.807, 2.05) is 0 Å². The van der Waals surface area contributed by atoms with E-state index in [2.05, 4.69) is 36.3 Å². The lowest BCUT2D eigenvalue weighted by molar-refractivity contribution is 0.0143. The minimum Gasteiger partial charge on any atom is -0.379 e. The maximum atomic E-state index is 5.97. The molecule has 7 heteroatoms. The molecule has 0 aromatic rings. The number of hydrogen-bond donors (Lipinski definition) is 2. The highest BCUT2D eigenvalue weighted by Gasteiger charge is 2.41. The Morgan fingerprint density at radius 1 is 1.23 bits per heavy atom. The molecular weight excluding hydrogens is 443 g/mol. The van der Waals surface area contributed by atoms with Crippen molar-refractivity contribution in [1.29, 1.82) is 0 Å². The Labute approximate surface area is 175 Å². The number of rotatable bonds is 7. The van der Waals surface area contributed by atoms with Gasteiger partial charge in [-0.2, -0.15) is 0 Å². The summed E-state index contributed by atoms with van der Waals surface area (Å²) in [6, 6.07) is 0.916. The van der Waals surface area contributed by atoms with Crippen molar-refractivity contribution in [3.05, 3.63) is 0 Å². The van der Waals surface area contributed by atoms with Crippen molar-refractivity contribution in [2.75, 3.05) is 39.4 Å². The summed E-state index contributed by atoms with van der Waals surface area (Å²) in [5.41, 5.74) is 0. The van der Waals surface area contributed by atoms with Gasteiger partial charge in [0, 0.05) is 25.7 Å². The van der Waals surface area contributed by atoms with Crippen LogP contribution in [0.5, 0.6) is 0 Å². The summed E-state index contributed by atoms with van der Waals surface area (Å²) in [5, 5.41) is 7.05. The van der Waals surface area contributed by atoms with Crippen molar-refractivity contribution in [2.45, 2.75) is 70.7 Å². The number of morpholine rings is 1. The molecule has 3 heterocycles. The second-order valence-electron chi connectivity index (χ2n) is 8.01. The van der Waals surface area contributed by atoms with E-state index in [9.17, 15) is 0 Å². The third-order valence-electron chi connectivity index (χ3n) is 5.54. The number of fused-ring (bicyclic) bond motifs is 2. The first kappa shape index (κ1) is 22.2. The van der Waals surface area contributed by atoms with Crippen LogP contribution in [-0.2, 0) is 9.47 Å². The van der Waals surface area contributed by atoms with Crippen molar-refractivity contribution in [3.8, 4) is 0 Å². The maximum Gasteiger partial charge on any atom is 0.191 e. The number of guanidine groups is 1. The number of ether oxygens (including phenoxy) is 2. The molecule has 3 aliphatic rings. The van der Waals surface area contributed by atoms with Crippen molar-refractivity contribution in [1.82, 2.24) is 15.5 Å². The summed E-state index contributed by atoms with van der Waals surface area (Å²) in [6.45, 7) is 12.2. The van der Waals surface area contributed by atoms with Gasteiger partial charge >= 0.3 is 0 Å². The third kappa shape index (κ3) is 6.21. The van der Waals surface area contributed by atoms with Gasteiger partial charge in [-0.15, -0.1) is 24.0 Å². The van der Waals surface area contributed by atoms with Crippen molar-refractivity contribution in [3.63, 3.8) is 0 Å². The fourth-order valence-electron chi connectivity index (χ4n) is 4.31. The van der Waals surface area contributed by atoms with Crippen LogP contribution in [0.3, 0.4) is 0 Å². The van der Waals surface area contributed by atoms with Crippen LogP contribution in [0.1, 0.15) is 46.5 Å². The van der Waals surface area contributed by atoms with Crippen LogP contribution in [0.15, 0.2) is 4.99 Å². The predicted molar refractivity (Wildman–Crippen MR) is 116 cm³/mol. The Morgan fingerprint density at radius 2 is 2.00 bits per heavy atom. The molecule has 3 saturated heterocycles. The Hall–Kier alpha value is -0.120. The molecule has 0 aromatic heterocycles. The zero-order valence-corrected chi connectivity index (χ0v) is 18.9. The number of hydrogen-bond acceptors (Lipinski definition) is 4. The van der Waals surface area contributed by atoms with Crippen LogP contribution < -0.4 is 10.6 Å². The average molecular weight is 480 g/mol. The van der Waals surface area contributed by atoms with E-state index >= 15 is 0 Å². The van der Waals surface area contributed by atoms with Crippen molar-refractivity contribution >= 4 is 29.9 Å². The Balaban J connectivity index is 0.00000243. The molecule has 4 atom stereocenters. The monoisotopic (exact) mass is 480 g/mol. The minimum absolute atomic E-state index is 0. The first-order chi connectivity index (χ1) is 12.2. The number of halogens is 1. The molecule has 152 valence electrons. The lowest BCUT2D eigenvalue weighted by Gasteiger charge is -2.34. The van der Waals surface area contributed by atoms with Gasteiger partial charge in [0.1, 0.15) is 0 Å². The van der Waals surface area contributed by atoms with Crippen LogP contribution in [0.25, 0.3) is 0 Å². The van der Waals surface area contributed by atoms with E-state index in [4.69, 9.17) is 14.5 Å². The zero-order valence-electron chi connectivity index (χ0n) is 16.6. The van der Waals surface area contributed by atoms with E-state index < -0.39 is 0 Å². The van der Waals surface area contributed by atoms with Gasteiger partial charge in [0.05, 0.1) is 38.0 Å². The van der Waals surface area contributed by atoms with Gasteiger partial charge < -0.3 is 20.1 Å². The molecular formula is C19H37IN4O2. The maximum absolute atomic E-state index is 5.97. The molecule has 0 radical (unpaired) electrons. The standard InChI is InChI=1S/C19H36N4O2.HI/c1-4-20-19(22-17-12-16-5-6-18(17)25-16)21-13-15(11-14(2)3)23-7-9-24-10-8-23;/h14-18H,4-13H2,1-3H3,(H2,20,21,22);1H. The molecule has 0 spiro atoms. The summed E-state index contributed by atoms with van der Waals surface area (Å²) in [5.74, 6) is 1.63. The first-order valence-corrected chi connectivity index (χ1v) is 10.2. The molecule has 0 aromatic carbocycles. The van der Waals surface area contributed by atoms with E-state index in [1.165, 1.54) is 19.3 Å². The lowest BCUT2D eigenvalue weighted by Crippen LogP contribution is -2.49. The smallest absolute Gasteiger partial charge is 0.191 e. The SMILES string of the molecule is CCNC(=NCC(CC(C)C)N1CCOCC1)NC1CC2CCC1O2.I. The van der Waals surface area contributed by atoms with Crippen LogP contribution in [0.2, 0.25) is 0 Å². The fourth-order valence-corrected chi connectivity index (χ4v) is 4.31. The summed E-state index contributed by atoms with van der Waals surface area (Å²) >= 11 is 0. The highest BCUT2D eigenvalue weighted by molar-refractivity contribution is 14.0. The third-order valence-corrected chi connectivity index (χ3v) is 5.54. The molecule has 3 fully saturated rings. The Kier molecular flexibility index (Phi) is 9.40. The molecule has 26 heavy (non-hydrogen) atoms. The summed E-state index contributed by atoms with van der Waals surface area (Å²) in [6.07, 6.45) is 5.55. The molecule has 0 amide bonds. The summed E-state index contributed by atoms with van der Waals surface area (Å²) in [4.78, 5) is 7.50. The number of nitrogens with one attached hydrogen (secondary N) is 2. The Morgan fingerprint density at radius 3 is 2.58 bits per heavy atom. The molecule has 4 unspecified atom stereocenters. The Bertz CT molecular complexity index is 443. The van der Waals surface area contributed by atoms with E-state index in [1.54, 1.807) is 0 Å².